The maximum Gasteiger partial charge on any atom is 0.246 e. The van der Waals surface area contributed by atoms with Crippen molar-refractivity contribution in [2.45, 2.75) is 17.7 Å². The quantitative estimate of drug-likeness (QED) is 0.703. The molecule has 5 nitrogen and oxygen atoms in total. The lowest BCUT2D eigenvalue weighted by molar-refractivity contribution is -0.120. The second-order valence-electron chi connectivity index (χ2n) is 6.35. The van der Waals surface area contributed by atoms with Crippen LogP contribution in [0.15, 0.2) is 41.3 Å². The molecular weight excluding hydrogens is 450 g/mol. The molecule has 28 heavy (non-hydrogen) atoms. The van der Waals surface area contributed by atoms with Crippen molar-refractivity contribution in [3.05, 3.63) is 57.3 Å². The van der Waals surface area contributed by atoms with Crippen LogP contribution in [-0.4, -0.2) is 31.7 Å². The summed E-state index contributed by atoms with van der Waals surface area (Å²) < 4.78 is 40.5. The Labute approximate surface area is 177 Å². The topological polar surface area (TPSA) is 66.5 Å². The van der Waals surface area contributed by atoms with E-state index in [0.717, 1.165) is 6.07 Å². The first-order valence-corrected chi connectivity index (χ1v) is 11.0. The highest BCUT2D eigenvalue weighted by Gasteiger charge is 2.34. The number of hydrogen-bond donors (Lipinski definition) is 1. The minimum atomic E-state index is -3.87. The van der Waals surface area contributed by atoms with E-state index >= 15 is 0 Å². The Hall–Kier alpha value is -1.38. The van der Waals surface area contributed by atoms with Crippen LogP contribution in [0.1, 0.15) is 12.8 Å². The normalized spacial score (nSPS) is 16.1. The van der Waals surface area contributed by atoms with E-state index in [0.29, 0.717) is 18.5 Å². The smallest absolute Gasteiger partial charge is 0.246 e. The lowest BCUT2D eigenvalue weighted by atomic mass is 9.97. The number of nitrogens with one attached hydrogen (secondary N) is 1. The zero-order valence-corrected chi connectivity index (χ0v) is 17.5. The van der Waals surface area contributed by atoms with Crippen molar-refractivity contribution in [3.8, 4) is 0 Å². The summed E-state index contributed by atoms with van der Waals surface area (Å²) in [6.45, 7) is 0.300. The lowest BCUT2D eigenvalue weighted by Crippen LogP contribution is -2.41. The second kappa shape index (κ2) is 8.55. The third kappa shape index (κ3) is 4.44. The van der Waals surface area contributed by atoms with E-state index in [1.165, 1.54) is 28.6 Å². The Morgan fingerprint density at radius 1 is 1.04 bits per heavy atom. The van der Waals surface area contributed by atoms with Gasteiger partial charge in [-0.05, 0) is 43.2 Å². The molecule has 2 aromatic carbocycles. The molecule has 1 saturated heterocycles. The Kier molecular flexibility index (Phi) is 6.51. The van der Waals surface area contributed by atoms with Crippen LogP contribution in [0.2, 0.25) is 15.1 Å². The molecule has 1 aliphatic heterocycles. The van der Waals surface area contributed by atoms with Crippen molar-refractivity contribution in [1.82, 2.24) is 4.31 Å². The van der Waals surface area contributed by atoms with Gasteiger partial charge < -0.3 is 5.32 Å². The van der Waals surface area contributed by atoms with Crippen LogP contribution in [0.3, 0.4) is 0 Å². The molecule has 1 aliphatic rings. The minimum absolute atomic E-state index is 0.0326. The summed E-state index contributed by atoms with van der Waals surface area (Å²) in [6.07, 6.45) is 0.645. The van der Waals surface area contributed by atoms with Crippen molar-refractivity contribution in [1.29, 1.82) is 0 Å². The molecule has 0 atom stereocenters. The Morgan fingerprint density at radius 2 is 1.64 bits per heavy atom. The molecule has 1 fully saturated rings. The van der Waals surface area contributed by atoms with Crippen LogP contribution >= 0.6 is 34.8 Å². The van der Waals surface area contributed by atoms with Gasteiger partial charge in [0.25, 0.3) is 0 Å². The van der Waals surface area contributed by atoms with Crippen LogP contribution in [0, 0.1) is 11.7 Å². The van der Waals surface area contributed by atoms with Gasteiger partial charge in [0, 0.05) is 24.7 Å². The zero-order chi connectivity index (χ0) is 20.5. The van der Waals surface area contributed by atoms with Gasteiger partial charge >= 0.3 is 0 Å². The van der Waals surface area contributed by atoms with Gasteiger partial charge in [0.15, 0.2) is 0 Å². The predicted octanol–water partition coefficient (Wildman–Crippen LogP) is 4.83. The number of sulfonamides is 1. The first-order chi connectivity index (χ1) is 13.2. The van der Waals surface area contributed by atoms with Crippen LogP contribution in [-0.2, 0) is 14.8 Å². The standard InChI is InChI=1S/C18H16Cl3FN2O3S/c19-13-5-4-12(10-16(13)22)23-18(25)11-6-8-24(9-7-11)28(26,27)17-14(20)2-1-3-15(17)21/h1-5,10-11H,6-9H2,(H,23,25). The van der Waals surface area contributed by atoms with Crippen LogP contribution in [0.4, 0.5) is 10.1 Å². The molecule has 0 bridgehead atoms. The number of hydrogen-bond acceptors (Lipinski definition) is 3. The SMILES string of the molecule is O=C(Nc1ccc(Cl)c(F)c1)C1CCN(S(=O)(=O)c2c(Cl)cccc2Cl)CC1. The van der Waals surface area contributed by atoms with E-state index in [4.69, 9.17) is 34.8 Å². The van der Waals surface area contributed by atoms with Gasteiger partial charge in [-0.15, -0.1) is 0 Å². The van der Waals surface area contributed by atoms with E-state index in [2.05, 4.69) is 5.32 Å². The monoisotopic (exact) mass is 464 g/mol. The number of anilines is 1. The largest absolute Gasteiger partial charge is 0.326 e. The summed E-state index contributed by atoms with van der Waals surface area (Å²) in [5.41, 5.74) is 0.296. The van der Waals surface area contributed by atoms with Gasteiger partial charge in [0.1, 0.15) is 10.7 Å². The number of benzene rings is 2. The van der Waals surface area contributed by atoms with Crippen LogP contribution in [0.25, 0.3) is 0 Å². The summed E-state index contributed by atoms with van der Waals surface area (Å²) in [4.78, 5) is 12.3. The zero-order valence-electron chi connectivity index (χ0n) is 14.5. The average molecular weight is 466 g/mol. The Morgan fingerprint density at radius 3 is 2.21 bits per heavy atom. The number of piperidine rings is 1. The maximum absolute atomic E-state index is 13.5. The maximum atomic E-state index is 13.5. The highest BCUT2D eigenvalue weighted by Crippen LogP contribution is 2.33. The molecule has 150 valence electrons. The molecule has 10 heteroatoms. The Balaban J connectivity index is 1.67. The van der Waals surface area contributed by atoms with Gasteiger partial charge in [-0.25, -0.2) is 12.8 Å². The van der Waals surface area contributed by atoms with E-state index in [1.807, 2.05) is 0 Å². The molecule has 0 aliphatic carbocycles. The van der Waals surface area contributed by atoms with Gasteiger partial charge in [-0.3, -0.25) is 4.79 Å². The molecule has 1 heterocycles. The van der Waals surface area contributed by atoms with E-state index in [1.54, 1.807) is 6.07 Å². The predicted molar refractivity (Wildman–Crippen MR) is 108 cm³/mol. The fourth-order valence-corrected chi connectivity index (χ4v) is 5.71. The minimum Gasteiger partial charge on any atom is -0.326 e. The molecule has 0 aromatic heterocycles. The number of carbonyl (C=O) groups excluding carboxylic acids is 1. The first-order valence-electron chi connectivity index (χ1n) is 8.40. The molecule has 0 radical (unpaired) electrons. The number of rotatable bonds is 4. The number of carbonyl (C=O) groups is 1. The fraction of sp³-hybridized carbons (Fsp3) is 0.278. The second-order valence-corrected chi connectivity index (χ2v) is 9.44. The molecule has 1 N–H and O–H groups in total. The molecule has 1 amide bonds. The van der Waals surface area contributed by atoms with Crippen LogP contribution < -0.4 is 5.32 Å². The highest BCUT2D eigenvalue weighted by atomic mass is 35.5. The summed E-state index contributed by atoms with van der Waals surface area (Å²) in [6, 6.07) is 8.49. The summed E-state index contributed by atoms with van der Waals surface area (Å²) in [5, 5.41) is 2.71. The van der Waals surface area contributed by atoms with Gasteiger partial charge in [-0.2, -0.15) is 4.31 Å². The fourth-order valence-electron chi connectivity index (χ4n) is 3.03. The summed E-state index contributed by atoms with van der Waals surface area (Å²) in [7, 11) is -3.87. The van der Waals surface area contributed by atoms with Crippen molar-refractivity contribution in [2.75, 3.05) is 18.4 Å². The summed E-state index contributed by atoms with van der Waals surface area (Å²) in [5.74, 6) is -1.32. The van der Waals surface area contributed by atoms with Crippen molar-refractivity contribution in [2.24, 2.45) is 5.92 Å². The van der Waals surface area contributed by atoms with Crippen molar-refractivity contribution < 1.29 is 17.6 Å². The Bertz CT molecular complexity index is 989. The molecule has 2 aromatic rings. The third-order valence-electron chi connectivity index (χ3n) is 4.53. The van der Waals surface area contributed by atoms with E-state index in [-0.39, 0.29) is 39.0 Å². The van der Waals surface area contributed by atoms with Crippen molar-refractivity contribution >= 4 is 56.4 Å². The highest BCUT2D eigenvalue weighted by molar-refractivity contribution is 7.89. The van der Waals surface area contributed by atoms with Crippen molar-refractivity contribution in [3.63, 3.8) is 0 Å². The number of nitrogens with zero attached hydrogens (tertiary/aromatic N) is 1. The average Bonchev–Trinajstić information content (AvgIpc) is 2.64. The van der Waals surface area contributed by atoms with Gasteiger partial charge in [0.05, 0.1) is 15.1 Å². The van der Waals surface area contributed by atoms with Gasteiger partial charge in [-0.1, -0.05) is 40.9 Å². The molecule has 0 spiro atoms. The molecular formula is C18H16Cl3FN2O3S. The first kappa shape index (κ1) is 21.3. The van der Waals surface area contributed by atoms with Crippen LogP contribution in [0.5, 0.6) is 0 Å². The molecule has 0 unspecified atom stereocenters. The van der Waals surface area contributed by atoms with E-state index in [9.17, 15) is 17.6 Å². The molecule has 0 saturated carbocycles. The number of halogens is 4. The third-order valence-corrected chi connectivity index (χ3v) is 7.69. The molecule has 3 rings (SSSR count). The number of amides is 1. The van der Waals surface area contributed by atoms with E-state index < -0.39 is 21.8 Å². The summed E-state index contributed by atoms with van der Waals surface area (Å²) >= 11 is 17.7. The van der Waals surface area contributed by atoms with Gasteiger partial charge in [0.2, 0.25) is 15.9 Å². The lowest BCUT2D eigenvalue weighted by Gasteiger charge is -2.31.